The van der Waals surface area contributed by atoms with Gasteiger partial charge in [-0.2, -0.15) is 4.31 Å². The van der Waals surface area contributed by atoms with Crippen molar-refractivity contribution in [3.8, 4) is 5.75 Å². The Labute approximate surface area is 178 Å². The third-order valence-corrected chi connectivity index (χ3v) is 7.74. The number of thiophene rings is 1. The highest BCUT2D eigenvalue weighted by Crippen LogP contribution is 2.32. The molecule has 0 saturated carbocycles. The highest BCUT2D eigenvalue weighted by Gasteiger charge is 2.31. The molecule has 1 atom stereocenters. The highest BCUT2D eigenvalue weighted by atomic mass is 32.2. The van der Waals surface area contributed by atoms with E-state index < -0.39 is 16.1 Å². The quantitative estimate of drug-likeness (QED) is 0.724. The Kier molecular flexibility index (Phi) is 5.63. The van der Waals surface area contributed by atoms with Gasteiger partial charge in [0.15, 0.2) is 6.10 Å². The van der Waals surface area contributed by atoms with Gasteiger partial charge in [0.25, 0.3) is 5.91 Å². The molecule has 158 valence electrons. The van der Waals surface area contributed by atoms with Crippen LogP contribution in [0, 0.1) is 0 Å². The van der Waals surface area contributed by atoms with E-state index >= 15 is 0 Å². The van der Waals surface area contributed by atoms with Crippen LogP contribution < -0.4 is 10.1 Å². The van der Waals surface area contributed by atoms with E-state index in [1.807, 2.05) is 17.5 Å². The van der Waals surface area contributed by atoms with Crippen molar-refractivity contribution >= 4 is 44.9 Å². The van der Waals surface area contributed by atoms with Crippen LogP contribution in [0.5, 0.6) is 5.75 Å². The molecule has 1 N–H and O–H groups in total. The summed E-state index contributed by atoms with van der Waals surface area (Å²) in [6, 6.07) is 8.27. The first-order valence-electron chi connectivity index (χ1n) is 9.47. The van der Waals surface area contributed by atoms with Crippen molar-refractivity contribution in [1.82, 2.24) is 9.21 Å². The molecule has 2 aliphatic rings. The van der Waals surface area contributed by atoms with E-state index in [1.54, 1.807) is 35.3 Å². The van der Waals surface area contributed by atoms with Crippen LogP contribution in [0.15, 0.2) is 46.7 Å². The zero-order chi connectivity index (χ0) is 21.3. The molecular weight excluding hydrogens is 426 g/mol. The summed E-state index contributed by atoms with van der Waals surface area (Å²) in [6.07, 6.45) is 2.66. The number of sulfonamides is 1. The van der Waals surface area contributed by atoms with Crippen LogP contribution in [0.4, 0.5) is 5.69 Å². The zero-order valence-electron chi connectivity index (χ0n) is 16.3. The Morgan fingerprint density at radius 1 is 1.23 bits per heavy atom. The summed E-state index contributed by atoms with van der Waals surface area (Å²) in [5, 5.41) is 4.60. The normalized spacial score (nSPS) is 20.0. The largest absolute Gasteiger partial charge is 0.479 e. The Morgan fingerprint density at radius 2 is 2.00 bits per heavy atom. The maximum atomic E-state index is 13.0. The molecule has 8 nitrogen and oxygen atoms in total. The summed E-state index contributed by atoms with van der Waals surface area (Å²) in [5.41, 5.74) is 0.340. The Bertz CT molecular complexity index is 1090. The van der Waals surface area contributed by atoms with Gasteiger partial charge in [-0.1, -0.05) is 6.07 Å². The SMILES string of the molecule is CC1Oc2ccc(S(=O)(=O)N3CCN(C(=O)/C=C/c4cccs4)CC3)cc2NC1=O. The summed E-state index contributed by atoms with van der Waals surface area (Å²) in [5.74, 6) is -0.0167. The molecule has 4 rings (SSSR count). The number of piperazine rings is 1. The molecule has 1 unspecified atom stereocenters. The molecule has 1 aromatic carbocycles. The predicted molar refractivity (Wildman–Crippen MR) is 114 cm³/mol. The summed E-state index contributed by atoms with van der Waals surface area (Å²) in [6.45, 7) is 2.67. The van der Waals surface area contributed by atoms with Crippen molar-refractivity contribution in [2.45, 2.75) is 17.9 Å². The lowest BCUT2D eigenvalue weighted by atomic mass is 10.2. The van der Waals surface area contributed by atoms with Gasteiger partial charge in [0.1, 0.15) is 5.75 Å². The minimum atomic E-state index is -3.75. The van der Waals surface area contributed by atoms with Gasteiger partial charge in [-0.15, -0.1) is 11.3 Å². The van der Waals surface area contributed by atoms with Gasteiger partial charge in [-0.05, 0) is 42.6 Å². The lowest BCUT2D eigenvalue weighted by Gasteiger charge is -2.33. The highest BCUT2D eigenvalue weighted by molar-refractivity contribution is 7.89. The first-order valence-corrected chi connectivity index (χ1v) is 11.8. The van der Waals surface area contributed by atoms with Crippen LogP contribution in [0.2, 0.25) is 0 Å². The zero-order valence-corrected chi connectivity index (χ0v) is 17.9. The molecule has 2 amide bonds. The van der Waals surface area contributed by atoms with Crippen LogP contribution in [-0.2, 0) is 19.6 Å². The van der Waals surface area contributed by atoms with Crippen LogP contribution >= 0.6 is 11.3 Å². The smallest absolute Gasteiger partial charge is 0.265 e. The number of fused-ring (bicyclic) bond motifs is 1. The third kappa shape index (κ3) is 4.11. The molecule has 2 aliphatic heterocycles. The summed E-state index contributed by atoms with van der Waals surface area (Å²) < 4.78 is 32.9. The molecule has 0 spiro atoms. The van der Waals surface area contributed by atoms with Crippen molar-refractivity contribution in [1.29, 1.82) is 0 Å². The molecule has 1 aromatic heterocycles. The molecule has 0 radical (unpaired) electrons. The Hall–Kier alpha value is -2.69. The first-order chi connectivity index (χ1) is 14.3. The van der Waals surface area contributed by atoms with Gasteiger partial charge in [0, 0.05) is 37.1 Å². The van der Waals surface area contributed by atoms with E-state index in [2.05, 4.69) is 5.32 Å². The van der Waals surface area contributed by atoms with E-state index in [-0.39, 0.29) is 29.8 Å². The van der Waals surface area contributed by atoms with E-state index in [0.717, 1.165) is 4.88 Å². The summed E-state index contributed by atoms with van der Waals surface area (Å²) in [4.78, 5) is 26.9. The van der Waals surface area contributed by atoms with Gasteiger partial charge in [0.05, 0.1) is 10.6 Å². The number of nitrogens with zero attached hydrogens (tertiary/aromatic N) is 2. The number of carbonyl (C=O) groups is 2. The van der Waals surface area contributed by atoms with Gasteiger partial charge in [-0.25, -0.2) is 8.42 Å². The molecule has 1 fully saturated rings. The Balaban J connectivity index is 1.42. The number of benzene rings is 1. The maximum absolute atomic E-state index is 13.0. The van der Waals surface area contributed by atoms with Gasteiger partial charge >= 0.3 is 0 Å². The summed E-state index contributed by atoms with van der Waals surface area (Å²) >= 11 is 1.54. The first kappa shape index (κ1) is 20.6. The number of nitrogens with one attached hydrogen (secondary N) is 1. The van der Waals surface area contributed by atoms with E-state index in [1.165, 1.54) is 22.5 Å². The lowest BCUT2D eigenvalue weighted by Crippen LogP contribution is -2.50. The fraction of sp³-hybridized carbons (Fsp3) is 0.300. The van der Waals surface area contributed by atoms with E-state index in [4.69, 9.17) is 4.74 Å². The molecule has 0 aliphatic carbocycles. The van der Waals surface area contributed by atoms with Gasteiger partial charge in [0.2, 0.25) is 15.9 Å². The van der Waals surface area contributed by atoms with Crippen molar-refractivity contribution < 1.29 is 22.7 Å². The fourth-order valence-corrected chi connectivity index (χ4v) is 5.36. The molecule has 1 saturated heterocycles. The van der Waals surface area contributed by atoms with E-state index in [9.17, 15) is 18.0 Å². The van der Waals surface area contributed by atoms with Crippen LogP contribution in [0.1, 0.15) is 11.8 Å². The minimum Gasteiger partial charge on any atom is -0.479 e. The van der Waals surface area contributed by atoms with Crippen molar-refractivity contribution in [2.75, 3.05) is 31.5 Å². The Morgan fingerprint density at radius 3 is 2.70 bits per heavy atom. The van der Waals surface area contributed by atoms with Crippen LogP contribution in [0.25, 0.3) is 6.08 Å². The second kappa shape index (κ2) is 8.21. The van der Waals surface area contributed by atoms with Gasteiger partial charge in [-0.3, -0.25) is 9.59 Å². The number of rotatable bonds is 4. The third-order valence-electron chi connectivity index (χ3n) is 5.00. The average molecular weight is 448 g/mol. The van der Waals surface area contributed by atoms with Crippen LogP contribution in [0.3, 0.4) is 0 Å². The molecule has 10 heteroatoms. The summed E-state index contributed by atoms with van der Waals surface area (Å²) in [7, 11) is -3.75. The lowest BCUT2D eigenvalue weighted by molar-refractivity contribution is -0.127. The number of anilines is 1. The number of hydrogen-bond donors (Lipinski definition) is 1. The molecule has 3 heterocycles. The van der Waals surface area contributed by atoms with E-state index in [0.29, 0.717) is 24.5 Å². The molecule has 30 heavy (non-hydrogen) atoms. The van der Waals surface area contributed by atoms with Gasteiger partial charge < -0.3 is 15.0 Å². The second-order valence-corrected chi connectivity index (χ2v) is 9.90. The maximum Gasteiger partial charge on any atom is 0.265 e. The second-order valence-electron chi connectivity index (χ2n) is 6.99. The number of ether oxygens (including phenoxy) is 1. The minimum absolute atomic E-state index is 0.0806. The topological polar surface area (TPSA) is 96.0 Å². The number of carbonyl (C=O) groups excluding carboxylic acids is 2. The number of amides is 2. The van der Waals surface area contributed by atoms with Crippen molar-refractivity contribution in [3.63, 3.8) is 0 Å². The van der Waals surface area contributed by atoms with Crippen molar-refractivity contribution in [3.05, 3.63) is 46.7 Å². The molecular formula is C20H21N3O5S2. The molecule has 0 bridgehead atoms. The van der Waals surface area contributed by atoms with Crippen LogP contribution in [-0.4, -0.2) is 61.7 Å². The monoisotopic (exact) mass is 447 g/mol. The number of hydrogen-bond acceptors (Lipinski definition) is 6. The van der Waals surface area contributed by atoms with Crippen molar-refractivity contribution in [2.24, 2.45) is 0 Å². The fourth-order valence-electron chi connectivity index (χ4n) is 3.29. The standard InChI is InChI=1S/C20H21N3O5S2/c1-14-20(25)21-17-13-16(5-6-18(17)28-14)30(26,27)23-10-8-22(9-11-23)19(24)7-4-15-3-2-12-29-15/h2-7,12-14H,8-11H2,1H3,(H,21,25)/b7-4+. The molecule has 2 aromatic rings. The predicted octanol–water partition coefficient (Wildman–Crippen LogP) is 2.01. The average Bonchev–Trinajstić information content (AvgIpc) is 3.26.